The van der Waals surface area contributed by atoms with Crippen molar-refractivity contribution in [1.82, 2.24) is 4.98 Å². The molecule has 0 atom stereocenters. The third kappa shape index (κ3) is 2.78. The first-order chi connectivity index (χ1) is 8.54. The standard InChI is InChI=1S/C11H11F2N3O2/c1-18-9(17)2-8-10(11(12)13)7(4-15)6(3-14)5-16-8/h5,11H,2,4,15H2,1H3. The van der Waals surface area contributed by atoms with Gasteiger partial charge in [0.05, 0.1) is 24.8 Å². The van der Waals surface area contributed by atoms with Crippen LogP contribution in [0, 0.1) is 11.3 Å². The average molecular weight is 255 g/mol. The molecule has 5 nitrogen and oxygen atoms in total. The minimum absolute atomic E-state index is 0.0126. The van der Waals surface area contributed by atoms with E-state index in [-0.39, 0.29) is 29.8 Å². The average Bonchev–Trinajstić information content (AvgIpc) is 2.37. The lowest BCUT2D eigenvalue weighted by molar-refractivity contribution is -0.139. The molecule has 0 aromatic carbocycles. The van der Waals surface area contributed by atoms with Crippen molar-refractivity contribution >= 4 is 5.97 Å². The zero-order valence-electron chi connectivity index (χ0n) is 9.61. The lowest BCUT2D eigenvalue weighted by atomic mass is 10.0. The Labute approximate surface area is 102 Å². The van der Waals surface area contributed by atoms with E-state index in [1.54, 1.807) is 6.07 Å². The number of nitrogens with two attached hydrogens (primary N) is 1. The number of carbonyl (C=O) groups excluding carboxylic acids is 1. The Morgan fingerprint density at radius 1 is 1.67 bits per heavy atom. The largest absolute Gasteiger partial charge is 0.469 e. The number of pyridine rings is 1. The highest BCUT2D eigenvalue weighted by atomic mass is 19.3. The van der Waals surface area contributed by atoms with Gasteiger partial charge >= 0.3 is 5.97 Å². The van der Waals surface area contributed by atoms with Gasteiger partial charge in [0.25, 0.3) is 6.43 Å². The molecule has 18 heavy (non-hydrogen) atoms. The van der Waals surface area contributed by atoms with Gasteiger partial charge in [-0.3, -0.25) is 9.78 Å². The van der Waals surface area contributed by atoms with Crippen LogP contribution in [0.2, 0.25) is 0 Å². The van der Waals surface area contributed by atoms with Crippen molar-refractivity contribution in [3.63, 3.8) is 0 Å². The van der Waals surface area contributed by atoms with Crippen LogP contribution in [-0.4, -0.2) is 18.1 Å². The van der Waals surface area contributed by atoms with Gasteiger partial charge in [-0.15, -0.1) is 0 Å². The van der Waals surface area contributed by atoms with Crippen molar-refractivity contribution in [2.75, 3.05) is 7.11 Å². The Hall–Kier alpha value is -2.07. The second kappa shape index (κ2) is 6.02. The number of halogens is 2. The van der Waals surface area contributed by atoms with Crippen molar-refractivity contribution in [3.05, 3.63) is 28.6 Å². The summed E-state index contributed by atoms with van der Waals surface area (Å²) < 4.78 is 30.4. The zero-order valence-corrected chi connectivity index (χ0v) is 9.61. The Balaban J connectivity index is 3.35. The molecule has 0 aliphatic heterocycles. The first kappa shape index (κ1) is 14.0. The van der Waals surface area contributed by atoms with Crippen LogP contribution in [0.15, 0.2) is 6.20 Å². The summed E-state index contributed by atoms with van der Waals surface area (Å²) in [7, 11) is 1.15. The third-order valence-electron chi connectivity index (χ3n) is 2.39. The molecule has 0 saturated carbocycles. The molecule has 0 amide bonds. The quantitative estimate of drug-likeness (QED) is 0.813. The summed E-state index contributed by atoms with van der Waals surface area (Å²) in [4.78, 5) is 14.8. The summed E-state index contributed by atoms with van der Waals surface area (Å²) in [6.07, 6.45) is -2.11. The fraction of sp³-hybridized carbons (Fsp3) is 0.364. The lowest BCUT2D eigenvalue weighted by Crippen LogP contribution is -2.14. The molecule has 0 aliphatic carbocycles. The molecule has 1 heterocycles. The molecule has 0 bridgehead atoms. The molecule has 0 spiro atoms. The van der Waals surface area contributed by atoms with Gasteiger partial charge in [-0.25, -0.2) is 8.78 Å². The fourth-order valence-corrected chi connectivity index (χ4v) is 1.53. The molecule has 0 saturated heterocycles. The number of ether oxygens (including phenoxy) is 1. The summed E-state index contributed by atoms with van der Waals surface area (Å²) in [6, 6.07) is 1.74. The normalized spacial score (nSPS) is 10.2. The second-order valence-corrected chi connectivity index (χ2v) is 3.38. The maximum atomic E-state index is 13.0. The van der Waals surface area contributed by atoms with Gasteiger partial charge < -0.3 is 10.5 Å². The van der Waals surface area contributed by atoms with Crippen LogP contribution in [0.5, 0.6) is 0 Å². The number of nitrogens with zero attached hydrogens (tertiary/aromatic N) is 2. The minimum Gasteiger partial charge on any atom is -0.469 e. The zero-order chi connectivity index (χ0) is 13.7. The SMILES string of the molecule is COC(=O)Cc1ncc(C#N)c(CN)c1C(F)F. The van der Waals surface area contributed by atoms with Gasteiger partial charge in [0, 0.05) is 18.3 Å². The summed E-state index contributed by atoms with van der Waals surface area (Å²) >= 11 is 0. The van der Waals surface area contributed by atoms with E-state index in [0.717, 1.165) is 13.3 Å². The topological polar surface area (TPSA) is 89.0 Å². The van der Waals surface area contributed by atoms with E-state index in [1.165, 1.54) is 0 Å². The van der Waals surface area contributed by atoms with Gasteiger partial charge in [0.2, 0.25) is 0 Å². The monoisotopic (exact) mass is 255 g/mol. The van der Waals surface area contributed by atoms with E-state index in [2.05, 4.69) is 9.72 Å². The van der Waals surface area contributed by atoms with E-state index in [1.807, 2.05) is 0 Å². The Morgan fingerprint density at radius 2 is 2.33 bits per heavy atom. The van der Waals surface area contributed by atoms with Crippen molar-refractivity contribution < 1.29 is 18.3 Å². The number of hydrogen-bond donors (Lipinski definition) is 1. The summed E-state index contributed by atoms with van der Waals surface area (Å²) in [5.41, 5.74) is 4.80. The van der Waals surface area contributed by atoms with Gasteiger partial charge in [-0.1, -0.05) is 0 Å². The molecule has 1 aromatic heterocycles. The highest BCUT2D eigenvalue weighted by Gasteiger charge is 2.23. The van der Waals surface area contributed by atoms with Gasteiger partial charge in [0.1, 0.15) is 6.07 Å². The summed E-state index contributed by atoms with van der Waals surface area (Å²) in [5, 5.41) is 8.79. The molecule has 1 aromatic rings. The maximum absolute atomic E-state index is 13.0. The molecule has 0 unspecified atom stereocenters. The molecule has 0 fully saturated rings. The fourth-order valence-electron chi connectivity index (χ4n) is 1.53. The van der Waals surface area contributed by atoms with Crippen molar-refractivity contribution in [2.24, 2.45) is 5.73 Å². The highest BCUT2D eigenvalue weighted by molar-refractivity contribution is 5.72. The van der Waals surface area contributed by atoms with Crippen LogP contribution in [0.1, 0.15) is 28.8 Å². The predicted molar refractivity (Wildman–Crippen MR) is 57.5 cm³/mol. The Kier molecular flexibility index (Phi) is 4.68. The molecule has 0 radical (unpaired) electrons. The van der Waals surface area contributed by atoms with Crippen LogP contribution in [-0.2, 0) is 22.5 Å². The Bertz CT molecular complexity index is 498. The van der Waals surface area contributed by atoms with E-state index in [0.29, 0.717) is 0 Å². The maximum Gasteiger partial charge on any atom is 0.311 e. The number of methoxy groups -OCH3 is 1. The third-order valence-corrected chi connectivity index (χ3v) is 2.39. The molecular formula is C11H11F2N3O2. The van der Waals surface area contributed by atoms with Crippen LogP contribution < -0.4 is 5.73 Å². The number of nitriles is 1. The number of alkyl halides is 2. The number of esters is 1. The van der Waals surface area contributed by atoms with Crippen molar-refractivity contribution in [2.45, 2.75) is 19.4 Å². The van der Waals surface area contributed by atoms with E-state index in [9.17, 15) is 13.6 Å². The van der Waals surface area contributed by atoms with E-state index < -0.39 is 18.0 Å². The van der Waals surface area contributed by atoms with Gasteiger partial charge in [0.15, 0.2) is 0 Å². The molecule has 96 valence electrons. The van der Waals surface area contributed by atoms with Gasteiger partial charge in [-0.2, -0.15) is 5.26 Å². The lowest BCUT2D eigenvalue weighted by Gasteiger charge is -2.12. The molecule has 7 heteroatoms. The second-order valence-electron chi connectivity index (χ2n) is 3.38. The number of aromatic nitrogens is 1. The van der Waals surface area contributed by atoms with Crippen molar-refractivity contribution in [3.8, 4) is 6.07 Å². The number of hydrogen-bond acceptors (Lipinski definition) is 5. The number of rotatable bonds is 4. The first-order valence-corrected chi connectivity index (χ1v) is 5.00. The molecular weight excluding hydrogens is 244 g/mol. The van der Waals surface area contributed by atoms with Crippen molar-refractivity contribution in [1.29, 1.82) is 5.26 Å². The number of carbonyl (C=O) groups is 1. The predicted octanol–water partition coefficient (Wildman–Crippen LogP) is 1.07. The summed E-state index contributed by atoms with van der Waals surface area (Å²) in [5.74, 6) is -0.683. The smallest absolute Gasteiger partial charge is 0.311 e. The van der Waals surface area contributed by atoms with Crippen LogP contribution in [0.4, 0.5) is 8.78 Å². The van der Waals surface area contributed by atoms with Gasteiger partial charge in [-0.05, 0) is 5.56 Å². The van der Waals surface area contributed by atoms with Crippen LogP contribution in [0.3, 0.4) is 0 Å². The molecule has 0 aliphatic rings. The van der Waals surface area contributed by atoms with Crippen LogP contribution in [0.25, 0.3) is 0 Å². The Morgan fingerprint density at radius 3 is 2.78 bits per heavy atom. The van der Waals surface area contributed by atoms with E-state index in [4.69, 9.17) is 11.0 Å². The minimum atomic E-state index is -2.86. The summed E-state index contributed by atoms with van der Waals surface area (Å²) in [6.45, 7) is -0.223. The highest BCUT2D eigenvalue weighted by Crippen LogP contribution is 2.28. The first-order valence-electron chi connectivity index (χ1n) is 5.00. The van der Waals surface area contributed by atoms with E-state index >= 15 is 0 Å². The molecule has 1 rings (SSSR count). The molecule has 2 N–H and O–H groups in total. The van der Waals surface area contributed by atoms with Crippen LogP contribution >= 0.6 is 0 Å².